The summed E-state index contributed by atoms with van der Waals surface area (Å²) in [7, 11) is -3.67. The summed E-state index contributed by atoms with van der Waals surface area (Å²) in [6, 6.07) is 13.2. The Kier molecular flexibility index (Phi) is 6.12. The first kappa shape index (κ1) is 24.5. The van der Waals surface area contributed by atoms with Gasteiger partial charge in [0, 0.05) is 10.0 Å². The summed E-state index contributed by atoms with van der Waals surface area (Å²) in [4.78, 5) is 12.5. The van der Waals surface area contributed by atoms with Gasteiger partial charge in [0.15, 0.2) is 0 Å². The van der Waals surface area contributed by atoms with E-state index in [-0.39, 0.29) is 18.0 Å². The molecule has 0 aliphatic heterocycles. The van der Waals surface area contributed by atoms with Crippen molar-refractivity contribution >= 4 is 43.1 Å². The first-order valence-electron chi connectivity index (χ1n) is 11.4. The van der Waals surface area contributed by atoms with Crippen LogP contribution in [0.15, 0.2) is 59.2 Å². The van der Waals surface area contributed by atoms with Crippen LogP contribution in [0.5, 0.6) is 0 Å². The van der Waals surface area contributed by atoms with E-state index >= 15 is 0 Å². The van der Waals surface area contributed by atoms with Crippen molar-refractivity contribution in [3.63, 3.8) is 0 Å². The average Bonchev–Trinajstić information content (AvgIpc) is 3.58. The lowest BCUT2D eigenvalue weighted by Crippen LogP contribution is -2.30. The Bertz CT molecular complexity index is 1610. The number of fused-ring (bicyclic) bond motifs is 1. The number of pyridine rings is 1. The number of benzene rings is 2. The van der Waals surface area contributed by atoms with E-state index in [0.717, 1.165) is 34.0 Å². The van der Waals surface area contributed by atoms with E-state index in [4.69, 9.17) is 5.73 Å². The van der Waals surface area contributed by atoms with Crippen molar-refractivity contribution in [2.24, 2.45) is 5.73 Å². The second kappa shape index (κ2) is 9.01. The normalized spacial score (nSPS) is 13.8. The summed E-state index contributed by atoms with van der Waals surface area (Å²) in [5, 5.41) is 4.58. The minimum Gasteiger partial charge on any atom is -0.365 e. The van der Waals surface area contributed by atoms with Gasteiger partial charge in [-0.25, -0.2) is 17.3 Å². The summed E-state index contributed by atoms with van der Waals surface area (Å²) in [6.45, 7) is 2.10. The summed E-state index contributed by atoms with van der Waals surface area (Å²) in [5.41, 5.74) is 10.5. The molecule has 186 valence electrons. The van der Waals surface area contributed by atoms with Gasteiger partial charge in [-0.2, -0.15) is 5.10 Å². The number of primary amides is 1. The molecule has 1 aliphatic carbocycles. The lowest BCUT2D eigenvalue weighted by molar-refractivity contribution is 0.100. The maximum Gasteiger partial charge on any atom is 0.253 e. The van der Waals surface area contributed by atoms with Crippen LogP contribution in [0.25, 0.3) is 16.8 Å². The zero-order valence-corrected chi connectivity index (χ0v) is 22.1. The fourth-order valence-electron chi connectivity index (χ4n) is 4.43. The number of carbonyl (C=O) groups excluding carboxylic acids is 1. The number of halogens is 2. The highest BCUT2D eigenvalue weighted by atomic mass is 79.9. The molecular weight excluding hydrogens is 547 g/mol. The number of aryl methyl sites for hydroxylation is 1. The van der Waals surface area contributed by atoms with E-state index in [1.807, 2.05) is 31.2 Å². The van der Waals surface area contributed by atoms with Gasteiger partial charge in [0.25, 0.3) is 5.91 Å². The van der Waals surface area contributed by atoms with Gasteiger partial charge in [-0.15, -0.1) is 0 Å². The third kappa shape index (κ3) is 4.62. The molecule has 0 radical (unpaired) electrons. The zero-order valence-electron chi connectivity index (χ0n) is 19.7. The molecule has 5 rings (SSSR count). The number of carbonyl (C=O) groups is 1. The Labute approximate surface area is 216 Å². The highest BCUT2D eigenvalue weighted by Crippen LogP contribution is 2.46. The predicted molar refractivity (Wildman–Crippen MR) is 141 cm³/mol. The summed E-state index contributed by atoms with van der Waals surface area (Å²) < 4.78 is 43.4. The van der Waals surface area contributed by atoms with Crippen molar-refractivity contribution < 1.29 is 17.6 Å². The van der Waals surface area contributed by atoms with E-state index in [1.54, 1.807) is 6.20 Å². The molecule has 0 atom stereocenters. The van der Waals surface area contributed by atoms with E-state index in [1.165, 1.54) is 39.3 Å². The van der Waals surface area contributed by atoms with Gasteiger partial charge in [-0.3, -0.25) is 9.10 Å². The summed E-state index contributed by atoms with van der Waals surface area (Å²) in [5.74, 6) is -0.900. The fraction of sp³-hybridized carbons (Fsp3) is 0.231. The van der Waals surface area contributed by atoms with Crippen molar-refractivity contribution in [2.75, 3.05) is 10.6 Å². The van der Waals surface area contributed by atoms with Crippen molar-refractivity contribution in [1.82, 2.24) is 9.61 Å². The lowest BCUT2D eigenvalue weighted by atomic mass is 10.0. The molecule has 10 heteroatoms. The van der Waals surface area contributed by atoms with E-state index in [9.17, 15) is 17.6 Å². The largest absolute Gasteiger partial charge is 0.365 e. The molecule has 2 heterocycles. The van der Waals surface area contributed by atoms with Gasteiger partial charge >= 0.3 is 0 Å². The number of amides is 1. The first-order valence-corrected chi connectivity index (χ1v) is 14.0. The third-order valence-electron chi connectivity index (χ3n) is 6.38. The van der Waals surface area contributed by atoms with Crippen molar-refractivity contribution in [2.45, 2.75) is 32.2 Å². The topological polar surface area (TPSA) is 97.8 Å². The van der Waals surface area contributed by atoms with Crippen molar-refractivity contribution in [3.8, 4) is 11.3 Å². The van der Waals surface area contributed by atoms with Gasteiger partial charge < -0.3 is 5.73 Å². The zero-order chi connectivity index (χ0) is 25.8. The van der Waals surface area contributed by atoms with Gasteiger partial charge in [-0.1, -0.05) is 28.1 Å². The minimum atomic E-state index is -3.67. The van der Waals surface area contributed by atoms with Crippen LogP contribution in [0.2, 0.25) is 0 Å². The number of hydrogen-bond donors (Lipinski definition) is 1. The first-order chi connectivity index (χ1) is 17.0. The Morgan fingerprint density at radius 1 is 1.19 bits per heavy atom. The molecule has 1 fully saturated rings. The Morgan fingerprint density at radius 2 is 1.89 bits per heavy atom. The maximum absolute atomic E-state index is 13.5. The van der Waals surface area contributed by atoms with E-state index in [2.05, 4.69) is 21.0 Å². The average molecular weight is 571 g/mol. The standard InChI is InChI=1S/C26H24BrFN4O3S/c1-15-11-16(3-10-21(15)27)13-32(36(2,34)35)23-14-31-22(12-20(23)17-4-5-17)24(26(29)33)25(30-31)18-6-8-19(28)9-7-18/h3,6-12,14,17H,4-5,13H2,1-2H3,(H2,29,33). The fourth-order valence-corrected chi connectivity index (χ4v) is 5.57. The second-order valence-electron chi connectivity index (χ2n) is 9.17. The minimum absolute atomic E-state index is 0.146. The van der Waals surface area contributed by atoms with Crippen LogP contribution in [0, 0.1) is 12.7 Å². The number of anilines is 1. The number of nitrogens with zero attached hydrogens (tertiary/aromatic N) is 3. The molecular formula is C26H24BrFN4O3S. The van der Waals surface area contributed by atoms with Crippen LogP contribution in [-0.2, 0) is 16.6 Å². The van der Waals surface area contributed by atoms with E-state index in [0.29, 0.717) is 22.5 Å². The number of hydrogen-bond acceptors (Lipinski definition) is 4. The molecule has 0 saturated heterocycles. The maximum atomic E-state index is 13.5. The molecule has 2 aromatic heterocycles. The van der Waals surface area contributed by atoms with E-state index < -0.39 is 21.7 Å². The monoisotopic (exact) mass is 570 g/mol. The molecule has 2 N–H and O–H groups in total. The molecule has 0 unspecified atom stereocenters. The number of sulfonamides is 1. The molecule has 0 spiro atoms. The van der Waals surface area contributed by atoms with Crippen LogP contribution in [0.3, 0.4) is 0 Å². The lowest BCUT2D eigenvalue weighted by Gasteiger charge is -2.25. The third-order valence-corrected chi connectivity index (χ3v) is 8.40. The molecule has 2 aromatic carbocycles. The molecule has 0 bridgehead atoms. The van der Waals surface area contributed by atoms with Gasteiger partial charge in [-0.05, 0) is 78.8 Å². The molecule has 4 aromatic rings. The number of nitrogens with two attached hydrogens (primary N) is 1. The van der Waals surface area contributed by atoms with Crippen molar-refractivity contribution in [3.05, 3.63) is 87.3 Å². The van der Waals surface area contributed by atoms with Crippen LogP contribution >= 0.6 is 15.9 Å². The molecule has 7 nitrogen and oxygen atoms in total. The van der Waals surface area contributed by atoms with Crippen LogP contribution in [0.1, 0.15) is 45.8 Å². The SMILES string of the molecule is Cc1cc(CN(c2cn3nc(-c4ccc(F)cc4)c(C(N)=O)c3cc2C2CC2)S(C)(=O)=O)ccc1Br. The van der Waals surface area contributed by atoms with Crippen LogP contribution in [0.4, 0.5) is 10.1 Å². The van der Waals surface area contributed by atoms with Crippen molar-refractivity contribution in [1.29, 1.82) is 0 Å². The Morgan fingerprint density at radius 3 is 2.47 bits per heavy atom. The number of aromatic nitrogens is 2. The van der Waals surface area contributed by atoms with Crippen LogP contribution < -0.4 is 10.0 Å². The molecule has 1 saturated carbocycles. The smallest absolute Gasteiger partial charge is 0.253 e. The molecule has 1 aliphatic rings. The summed E-state index contributed by atoms with van der Waals surface area (Å²) in [6.07, 6.45) is 4.67. The van der Waals surface area contributed by atoms with Gasteiger partial charge in [0.05, 0.1) is 35.8 Å². The highest BCUT2D eigenvalue weighted by molar-refractivity contribution is 9.10. The summed E-state index contributed by atoms with van der Waals surface area (Å²) >= 11 is 3.49. The Balaban J connectivity index is 1.71. The number of rotatable bonds is 7. The van der Waals surface area contributed by atoms with Gasteiger partial charge in [0.2, 0.25) is 10.0 Å². The predicted octanol–water partition coefficient (Wildman–Crippen LogP) is 5.15. The molecule has 36 heavy (non-hydrogen) atoms. The molecule has 1 amide bonds. The Hall–Kier alpha value is -3.24. The second-order valence-corrected chi connectivity index (χ2v) is 11.9. The van der Waals surface area contributed by atoms with Gasteiger partial charge in [0.1, 0.15) is 11.5 Å². The van der Waals surface area contributed by atoms with Crippen LogP contribution in [-0.4, -0.2) is 30.2 Å². The quantitative estimate of drug-likeness (QED) is 0.332. The highest BCUT2D eigenvalue weighted by Gasteiger charge is 2.32.